The van der Waals surface area contributed by atoms with Gasteiger partial charge in [-0.3, -0.25) is 4.79 Å². The second kappa shape index (κ2) is 8.89. The summed E-state index contributed by atoms with van der Waals surface area (Å²) in [4.78, 5) is 23.0. The molecular formula is C17H31N3O3. The van der Waals surface area contributed by atoms with Crippen LogP contribution in [-0.2, 0) is 4.79 Å². The van der Waals surface area contributed by atoms with E-state index in [2.05, 4.69) is 17.3 Å². The van der Waals surface area contributed by atoms with Crippen molar-refractivity contribution in [1.82, 2.24) is 10.3 Å². The Morgan fingerprint density at radius 1 is 1.30 bits per heavy atom. The number of unbranched alkanes of at least 4 members (excludes halogenated alkanes) is 4. The van der Waals surface area contributed by atoms with Gasteiger partial charge in [0.1, 0.15) is 0 Å². The highest BCUT2D eigenvalue weighted by molar-refractivity contribution is 6.05. The molecule has 0 fully saturated rings. The summed E-state index contributed by atoms with van der Waals surface area (Å²) in [5, 5.41) is 17.5. The van der Waals surface area contributed by atoms with Gasteiger partial charge in [-0.25, -0.2) is 9.80 Å². The summed E-state index contributed by atoms with van der Waals surface area (Å²) in [7, 11) is 0. The predicted octanol–water partition coefficient (Wildman–Crippen LogP) is 3.62. The van der Waals surface area contributed by atoms with Gasteiger partial charge in [-0.2, -0.15) is 5.10 Å². The van der Waals surface area contributed by atoms with Gasteiger partial charge in [0.15, 0.2) is 0 Å². The van der Waals surface area contributed by atoms with Crippen LogP contribution >= 0.6 is 0 Å². The summed E-state index contributed by atoms with van der Waals surface area (Å²) in [6.07, 6.45) is 5.47. The van der Waals surface area contributed by atoms with Crippen LogP contribution in [0.15, 0.2) is 5.10 Å². The Hall–Kier alpha value is -1.59. The third-order valence-corrected chi connectivity index (χ3v) is 4.16. The number of hydrogen-bond donors (Lipinski definition) is 2. The highest BCUT2D eigenvalue weighted by Crippen LogP contribution is 2.24. The Labute approximate surface area is 139 Å². The van der Waals surface area contributed by atoms with Crippen molar-refractivity contribution >= 4 is 17.7 Å². The van der Waals surface area contributed by atoms with Gasteiger partial charge in [0.2, 0.25) is 5.91 Å². The lowest BCUT2D eigenvalue weighted by molar-refractivity contribution is -0.128. The van der Waals surface area contributed by atoms with E-state index >= 15 is 0 Å². The number of carbonyl (C=O) groups excluding carboxylic acids is 1. The van der Waals surface area contributed by atoms with Crippen molar-refractivity contribution in [3.05, 3.63) is 0 Å². The summed E-state index contributed by atoms with van der Waals surface area (Å²) in [5.41, 5.74) is 0.551. The maximum absolute atomic E-state index is 12.0. The minimum absolute atomic E-state index is 0.0264. The highest BCUT2D eigenvalue weighted by atomic mass is 16.4. The summed E-state index contributed by atoms with van der Waals surface area (Å²) >= 11 is 0. The van der Waals surface area contributed by atoms with Crippen LogP contribution in [0.3, 0.4) is 0 Å². The second-order valence-electron chi connectivity index (χ2n) is 7.35. The number of nitrogens with zero attached hydrogens (tertiary/aromatic N) is 2. The fourth-order valence-corrected chi connectivity index (χ4v) is 2.64. The third kappa shape index (κ3) is 7.01. The molecule has 132 valence electrons. The maximum atomic E-state index is 12.0. The Balaban J connectivity index is 2.54. The van der Waals surface area contributed by atoms with Crippen LogP contribution in [0.1, 0.15) is 72.6 Å². The zero-order valence-electron chi connectivity index (χ0n) is 14.9. The van der Waals surface area contributed by atoms with Crippen molar-refractivity contribution in [3.63, 3.8) is 0 Å². The summed E-state index contributed by atoms with van der Waals surface area (Å²) in [6.45, 7) is 8.79. The van der Waals surface area contributed by atoms with Gasteiger partial charge < -0.3 is 10.4 Å². The molecule has 0 radical (unpaired) electrons. The van der Waals surface area contributed by atoms with Crippen molar-refractivity contribution in [3.8, 4) is 0 Å². The van der Waals surface area contributed by atoms with Gasteiger partial charge in [-0.05, 0) is 11.8 Å². The fraction of sp³-hybridized carbons (Fsp3) is 0.824. The lowest BCUT2D eigenvalue weighted by atomic mass is 9.83. The Morgan fingerprint density at radius 2 is 1.96 bits per heavy atom. The molecule has 1 aliphatic rings. The van der Waals surface area contributed by atoms with Crippen LogP contribution in [-0.4, -0.2) is 40.4 Å². The SMILES string of the molecule is CCCCCCCN1N=C(CC(NC(=O)O)C(C)(C)C)CC1=O. The zero-order valence-corrected chi connectivity index (χ0v) is 14.9. The van der Waals surface area contributed by atoms with Crippen molar-refractivity contribution in [2.24, 2.45) is 10.5 Å². The van der Waals surface area contributed by atoms with E-state index in [1.165, 1.54) is 19.3 Å². The molecular weight excluding hydrogens is 294 g/mol. The van der Waals surface area contributed by atoms with Gasteiger partial charge in [-0.1, -0.05) is 53.4 Å². The van der Waals surface area contributed by atoms with E-state index < -0.39 is 6.09 Å². The van der Waals surface area contributed by atoms with E-state index in [4.69, 9.17) is 5.11 Å². The molecule has 2 N–H and O–H groups in total. The van der Waals surface area contributed by atoms with Crippen molar-refractivity contribution in [1.29, 1.82) is 0 Å². The smallest absolute Gasteiger partial charge is 0.404 e. The largest absolute Gasteiger partial charge is 0.465 e. The minimum atomic E-state index is -1.04. The number of carboxylic acid groups (broad SMARTS) is 1. The monoisotopic (exact) mass is 325 g/mol. The molecule has 0 aliphatic carbocycles. The van der Waals surface area contributed by atoms with Gasteiger partial charge >= 0.3 is 6.09 Å². The quantitative estimate of drug-likeness (QED) is 0.635. The van der Waals surface area contributed by atoms with Crippen molar-refractivity contribution in [2.45, 2.75) is 78.7 Å². The van der Waals surface area contributed by atoms with E-state index in [9.17, 15) is 9.59 Å². The molecule has 1 atom stereocenters. The molecule has 6 nitrogen and oxygen atoms in total. The average molecular weight is 325 g/mol. The van der Waals surface area contributed by atoms with Crippen LogP contribution in [0.5, 0.6) is 0 Å². The first-order valence-electron chi connectivity index (χ1n) is 8.60. The lowest BCUT2D eigenvalue weighted by Gasteiger charge is -2.30. The van der Waals surface area contributed by atoms with Crippen molar-refractivity contribution < 1.29 is 14.7 Å². The zero-order chi connectivity index (χ0) is 17.5. The minimum Gasteiger partial charge on any atom is -0.465 e. The van der Waals surface area contributed by atoms with Gasteiger partial charge in [0.25, 0.3) is 0 Å². The van der Waals surface area contributed by atoms with E-state index in [-0.39, 0.29) is 17.4 Å². The number of amides is 2. The molecule has 1 heterocycles. The second-order valence-corrected chi connectivity index (χ2v) is 7.35. The number of carbonyl (C=O) groups is 2. The molecule has 0 aromatic rings. The first kappa shape index (κ1) is 19.5. The molecule has 1 aliphatic heterocycles. The Morgan fingerprint density at radius 3 is 2.52 bits per heavy atom. The fourth-order valence-electron chi connectivity index (χ4n) is 2.64. The standard InChI is InChI=1S/C17H31N3O3/c1-5-6-7-8-9-10-20-15(21)12-13(19-20)11-14(17(2,3)4)18-16(22)23/h14,18H,5-12H2,1-4H3,(H,22,23). The van der Waals surface area contributed by atoms with Gasteiger partial charge in [0, 0.05) is 19.0 Å². The predicted molar refractivity (Wildman–Crippen MR) is 91.5 cm³/mol. The van der Waals surface area contributed by atoms with Gasteiger partial charge in [-0.15, -0.1) is 0 Å². The van der Waals surface area contributed by atoms with Crippen molar-refractivity contribution in [2.75, 3.05) is 6.54 Å². The highest BCUT2D eigenvalue weighted by Gasteiger charge is 2.31. The van der Waals surface area contributed by atoms with Gasteiger partial charge in [0.05, 0.1) is 12.1 Å². The third-order valence-electron chi connectivity index (χ3n) is 4.16. The van der Waals surface area contributed by atoms with Crippen LogP contribution < -0.4 is 5.32 Å². The number of nitrogens with one attached hydrogen (secondary N) is 1. The first-order chi connectivity index (χ1) is 10.7. The molecule has 0 aromatic heterocycles. The average Bonchev–Trinajstić information content (AvgIpc) is 2.76. The maximum Gasteiger partial charge on any atom is 0.404 e. The van der Waals surface area contributed by atoms with E-state index in [1.54, 1.807) is 5.01 Å². The number of rotatable bonds is 9. The van der Waals surface area contributed by atoms with E-state index in [0.717, 1.165) is 18.6 Å². The van der Waals surface area contributed by atoms with E-state index in [1.807, 2.05) is 20.8 Å². The molecule has 23 heavy (non-hydrogen) atoms. The molecule has 0 aromatic carbocycles. The summed E-state index contributed by atoms with van der Waals surface area (Å²) < 4.78 is 0. The molecule has 2 amide bonds. The van der Waals surface area contributed by atoms with Crippen LogP contribution in [0.2, 0.25) is 0 Å². The molecule has 6 heteroatoms. The molecule has 1 rings (SSSR count). The summed E-state index contributed by atoms with van der Waals surface area (Å²) in [6, 6.07) is -0.254. The number of hydrazone groups is 1. The molecule has 0 spiro atoms. The van der Waals surface area contributed by atoms with Crippen LogP contribution in [0, 0.1) is 5.41 Å². The molecule has 1 unspecified atom stereocenters. The van der Waals surface area contributed by atoms with Crippen LogP contribution in [0.25, 0.3) is 0 Å². The Kier molecular flexibility index (Phi) is 7.52. The molecule has 0 saturated heterocycles. The molecule has 0 saturated carbocycles. The molecule has 0 bridgehead atoms. The van der Waals surface area contributed by atoms with Crippen LogP contribution in [0.4, 0.5) is 4.79 Å². The normalized spacial score (nSPS) is 16.4. The lowest BCUT2D eigenvalue weighted by Crippen LogP contribution is -2.44. The van der Waals surface area contributed by atoms with E-state index in [0.29, 0.717) is 19.4 Å². The first-order valence-corrected chi connectivity index (χ1v) is 8.60. The summed E-state index contributed by atoms with van der Waals surface area (Å²) in [5.74, 6) is 0.0264. The topological polar surface area (TPSA) is 82.0 Å². The number of hydrogen-bond acceptors (Lipinski definition) is 3. The Bertz CT molecular complexity index is 441.